The molecule has 0 spiro atoms. The third-order valence-electron chi connectivity index (χ3n) is 4.53. The first-order valence-electron chi connectivity index (χ1n) is 8.60. The number of amides is 1. The molecular formula is C19H21FN2O3. The third-order valence-corrected chi connectivity index (χ3v) is 4.53. The van der Waals surface area contributed by atoms with E-state index in [-0.39, 0.29) is 12.5 Å². The van der Waals surface area contributed by atoms with Crippen LogP contribution in [0.25, 0.3) is 10.9 Å². The van der Waals surface area contributed by atoms with Gasteiger partial charge in [0.05, 0.1) is 17.0 Å². The molecule has 1 saturated carbocycles. The first-order valence-corrected chi connectivity index (χ1v) is 8.60. The van der Waals surface area contributed by atoms with Crippen LogP contribution in [0.2, 0.25) is 0 Å². The Morgan fingerprint density at radius 1 is 1.36 bits per heavy atom. The molecule has 1 aromatic heterocycles. The maximum Gasteiger partial charge on any atom is 0.308 e. The Balaban J connectivity index is 1.89. The Hall–Kier alpha value is -2.50. The van der Waals surface area contributed by atoms with E-state index in [4.69, 9.17) is 0 Å². The molecule has 0 radical (unpaired) electrons. The fourth-order valence-corrected chi connectivity index (χ4v) is 2.97. The highest BCUT2D eigenvalue weighted by atomic mass is 19.1. The number of halogens is 1. The van der Waals surface area contributed by atoms with E-state index in [1.54, 1.807) is 12.1 Å². The van der Waals surface area contributed by atoms with Crippen molar-refractivity contribution < 1.29 is 19.1 Å². The molecule has 132 valence electrons. The molecule has 2 aromatic rings. The average molecular weight is 344 g/mol. The van der Waals surface area contributed by atoms with Crippen molar-refractivity contribution in [1.29, 1.82) is 0 Å². The van der Waals surface area contributed by atoms with Crippen LogP contribution in [0.4, 0.5) is 4.39 Å². The summed E-state index contributed by atoms with van der Waals surface area (Å²) >= 11 is 0. The van der Waals surface area contributed by atoms with Gasteiger partial charge in [-0.05, 0) is 43.5 Å². The lowest BCUT2D eigenvalue weighted by molar-refractivity contribution is -0.141. The standard InChI is InChI=1S/C19H21FN2O3/c1-2-3-12(19(24)25)10-21-18(23)15-9-17(11-4-5-11)22-16-7-6-13(20)8-14(15)16/h6-9,11-12H,2-5,10H2,1H3,(H,21,23)(H,24,25). The Morgan fingerprint density at radius 2 is 2.12 bits per heavy atom. The lowest BCUT2D eigenvalue weighted by Gasteiger charge is -2.14. The van der Waals surface area contributed by atoms with Crippen molar-refractivity contribution in [2.75, 3.05) is 6.54 Å². The second-order valence-electron chi connectivity index (χ2n) is 6.56. The second-order valence-corrected chi connectivity index (χ2v) is 6.56. The minimum Gasteiger partial charge on any atom is -0.481 e. The number of carboxylic acids is 1. The fraction of sp³-hybridized carbons (Fsp3) is 0.421. The van der Waals surface area contributed by atoms with E-state index < -0.39 is 17.7 Å². The van der Waals surface area contributed by atoms with Crippen LogP contribution in [0.3, 0.4) is 0 Å². The Kier molecular flexibility index (Phi) is 4.97. The largest absolute Gasteiger partial charge is 0.481 e. The number of fused-ring (bicyclic) bond motifs is 1. The fourth-order valence-electron chi connectivity index (χ4n) is 2.97. The van der Waals surface area contributed by atoms with Gasteiger partial charge in [0.1, 0.15) is 5.82 Å². The van der Waals surface area contributed by atoms with Crippen LogP contribution in [0.5, 0.6) is 0 Å². The number of aliphatic carboxylic acids is 1. The Morgan fingerprint density at radius 3 is 2.76 bits per heavy atom. The molecular weight excluding hydrogens is 323 g/mol. The first-order chi connectivity index (χ1) is 12.0. The summed E-state index contributed by atoms with van der Waals surface area (Å²) in [6.07, 6.45) is 3.30. The molecule has 1 aromatic carbocycles. The molecule has 25 heavy (non-hydrogen) atoms. The zero-order chi connectivity index (χ0) is 18.0. The summed E-state index contributed by atoms with van der Waals surface area (Å²) in [5, 5.41) is 12.4. The summed E-state index contributed by atoms with van der Waals surface area (Å²) < 4.78 is 13.6. The van der Waals surface area contributed by atoms with E-state index in [0.29, 0.717) is 28.8 Å². The summed E-state index contributed by atoms with van der Waals surface area (Å²) in [6.45, 7) is 1.96. The number of pyridine rings is 1. The van der Waals surface area contributed by atoms with Crippen molar-refractivity contribution >= 4 is 22.8 Å². The van der Waals surface area contributed by atoms with Gasteiger partial charge in [-0.2, -0.15) is 0 Å². The summed E-state index contributed by atoms with van der Waals surface area (Å²) in [4.78, 5) is 28.4. The normalized spacial score (nSPS) is 15.1. The van der Waals surface area contributed by atoms with Crippen LogP contribution < -0.4 is 5.32 Å². The van der Waals surface area contributed by atoms with Crippen LogP contribution in [0.15, 0.2) is 24.3 Å². The first kappa shape index (κ1) is 17.3. The highest BCUT2D eigenvalue weighted by Crippen LogP contribution is 2.40. The molecule has 1 amide bonds. The van der Waals surface area contributed by atoms with Gasteiger partial charge in [0.15, 0.2) is 0 Å². The number of nitrogens with zero attached hydrogens (tertiary/aromatic N) is 1. The summed E-state index contributed by atoms with van der Waals surface area (Å²) in [6, 6.07) is 5.92. The van der Waals surface area contributed by atoms with Gasteiger partial charge in [-0.1, -0.05) is 13.3 Å². The van der Waals surface area contributed by atoms with Crippen LogP contribution >= 0.6 is 0 Å². The molecule has 1 fully saturated rings. The molecule has 0 bridgehead atoms. The van der Waals surface area contributed by atoms with E-state index in [0.717, 1.165) is 25.0 Å². The zero-order valence-electron chi connectivity index (χ0n) is 14.1. The number of carbonyl (C=O) groups excluding carboxylic acids is 1. The van der Waals surface area contributed by atoms with Gasteiger partial charge in [-0.3, -0.25) is 14.6 Å². The van der Waals surface area contributed by atoms with Crippen LogP contribution in [0, 0.1) is 11.7 Å². The molecule has 1 heterocycles. The maximum atomic E-state index is 13.6. The number of benzene rings is 1. The maximum absolute atomic E-state index is 13.6. The molecule has 0 aliphatic heterocycles. The number of hydrogen-bond acceptors (Lipinski definition) is 3. The van der Waals surface area contributed by atoms with Crippen molar-refractivity contribution in [2.24, 2.45) is 5.92 Å². The van der Waals surface area contributed by atoms with E-state index >= 15 is 0 Å². The van der Waals surface area contributed by atoms with Crippen molar-refractivity contribution in [1.82, 2.24) is 10.3 Å². The number of aromatic nitrogens is 1. The molecule has 2 N–H and O–H groups in total. The number of hydrogen-bond donors (Lipinski definition) is 2. The number of rotatable bonds is 7. The van der Waals surface area contributed by atoms with Gasteiger partial charge in [-0.25, -0.2) is 4.39 Å². The topological polar surface area (TPSA) is 79.3 Å². The Labute approximate surface area is 145 Å². The second kappa shape index (κ2) is 7.17. The van der Waals surface area contributed by atoms with Crippen LogP contribution in [-0.2, 0) is 4.79 Å². The van der Waals surface area contributed by atoms with Gasteiger partial charge >= 0.3 is 5.97 Å². The third kappa shape index (κ3) is 3.95. The number of carboxylic acid groups (broad SMARTS) is 1. The van der Waals surface area contributed by atoms with E-state index in [9.17, 15) is 19.1 Å². The zero-order valence-corrected chi connectivity index (χ0v) is 14.1. The van der Waals surface area contributed by atoms with Gasteiger partial charge in [0, 0.05) is 23.5 Å². The predicted molar refractivity (Wildman–Crippen MR) is 92.0 cm³/mol. The molecule has 6 heteroatoms. The number of carbonyl (C=O) groups is 2. The molecule has 1 unspecified atom stereocenters. The van der Waals surface area contributed by atoms with E-state index in [1.807, 2.05) is 6.92 Å². The molecule has 1 aliphatic carbocycles. The molecule has 0 saturated heterocycles. The smallest absolute Gasteiger partial charge is 0.308 e. The lowest BCUT2D eigenvalue weighted by atomic mass is 10.0. The summed E-state index contributed by atoms with van der Waals surface area (Å²) in [5.41, 5.74) is 1.78. The summed E-state index contributed by atoms with van der Waals surface area (Å²) in [5.74, 6) is -2.01. The van der Waals surface area contributed by atoms with E-state index in [1.165, 1.54) is 12.1 Å². The van der Waals surface area contributed by atoms with Crippen molar-refractivity contribution in [2.45, 2.75) is 38.5 Å². The molecule has 5 nitrogen and oxygen atoms in total. The van der Waals surface area contributed by atoms with Crippen molar-refractivity contribution in [3.63, 3.8) is 0 Å². The minimum atomic E-state index is -0.925. The van der Waals surface area contributed by atoms with Gasteiger partial charge < -0.3 is 10.4 Å². The quantitative estimate of drug-likeness (QED) is 0.806. The summed E-state index contributed by atoms with van der Waals surface area (Å²) in [7, 11) is 0. The lowest BCUT2D eigenvalue weighted by Crippen LogP contribution is -2.33. The molecule has 3 rings (SSSR count). The van der Waals surface area contributed by atoms with Crippen molar-refractivity contribution in [3.8, 4) is 0 Å². The highest BCUT2D eigenvalue weighted by molar-refractivity contribution is 6.06. The minimum absolute atomic E-state index is 0.0555. The van der Waals surface area contributed by atoms with Crippen LogP contribution in [-0.4, -0.2) is 28.5 Å². The monoisotopic (exact) mass is 344 g/mol. The highest BCUT2D eigenvalue weighted by Gasteiger charge is 2.27. The van der Waals surface area contributed by atoms with Crippen LogP contribution in [0.1, 0.15) is 54.6 Å². The Bertz CT molecular complexity index is 818. The average Bonchev–Trinajstić information content (AvgIpc) is 3.42. The van der Waals surface area contributed by atoms with E-state index in [2.05, 4.69) is 10.3 Å². The predicted octanol–water partition coefficient (Wildman–Crippen LogP) is 3.48. The van der Waals surface area contributed by atoms with Gasteiger partial charge in [-0.15, -0.1) is 0 Å². The SMILES string of the molecule is CCCC(CNC(=O)c1cc(C2CC2)nc2ccc(F)cc12)C(=O)O. The van der Waals surface area contributed by atoms with Gasteiger partial charge in [0.25, 0.3) is 5.91 Å². The van der Waals surface area contributed by atoms with Crippen molar-refractivity contribution in [3.05, 3.63) is 41.3 Å². The molecule has 1 aliphatic rings. The number of nitrogens with one attached hydrogen (secondary N) is 1. The van der Waals surface area contributed by atoms with Gasteiger partial charge in [0.2, 0.25) is 0 Å². The molecule has 1 atom stereocenters.